The van der Waals surface area contributed by atoms with E-state index < -0.39 is 26.1 Å². The van der Waals surface area contributed by atoms with E-state index in [0.717, 1.165) is 51.4 Å². The van der Waals surface area contributed by atoms with Crippen molar-refractivity contribution < 1.29 is 98.2 Å². The molecule has 4 N–H and O–H groups in total. The Kier molecular flexibility index (Phi) is 27.8. The quantitative estimate of drug-likeness (QED) is 0.0358. The molecule has 10 nitrogen and oxygen atoms in total. The van der Waals surface area contributed by atoms with Crippen LogP contribution in [0.5, 0.6) is 0 Å². The van der Waals surface area contributed by atoms with E-state index in [-0.39, 0.29) is 72.0 Å². The van der Waals surface area contributed by atoms with Crippen LogP contribution in [0.2, 0.25) is 0 Å². The fourth-order valence-electron chi connectivity index (χ4n) is 3.36. The van der Waals surface area contributed by atoms with Gasteiger partial charge in [0.15, 0.2) is 5.45 Å². The summed E-state index contributed by atoms with van der Waals surface area (Å²) in [6.07, 6.45) is 15.3. The SMILES string of the molecule is O=P([O-])([O-])C(CCCCCCCCCCCCCCCCCC(=NO)P(=O)(O)O)=NO.[Na+].[Na+]. The van der Waals surface area contributed by atoms with Gasteiger partial charge in [0, 0.05) is 6.42 Å². The summed E-state index contributed by atoms with van der Waals surface area (Å²) in [4.78, 5) is 39.4. The van der Waals surface area contributed by atoms with E-state index in [2.05, 4.69) is 10.3 Å². The largest absolute Gasteiger partial charge is 1.00 e. The van der Waals surface area contributed by atoms with E-state index >= 15 is 0 Å². The van der Waals surface area contributed by atoms with E-state index in [1.807, 2.05) is 0 Å². The third kappa shape index (κ3) is 23.4. The third-order valence-corrected chi connectivity index (χ3v) is 7.11. The van der Waals surface area contributed by atoms with Crippen LogP contribution in [0.15, 0.2) is 10.3 Å². The van der Waals surface area contributed by atoms with Crippen LogP contribution in [-0.4, -0.2) is 31.1 Å². The standard InChI is InChI=1S/C19H40N2O8P2.2Na/c22-20-18(30(24,25)26)16-14-12-10-8-6-4-2-1-3-5-7-9-11-13-15-17-19(21-23)31(27,28)29;;/h22-23H,1-17H2,(H2,24,25,26)(H2,27,28,29);;/q;2*+1/p-2. The van der Waals surface area contributed by atoms with Gasteiger partial charge in [0.1, 0.15) is 0 Å². The minimum absolute atomic E-state index is 0. The van der Waals surface area contributed by atoms with Crippen molar-refractivity contribution >= 4 is 26.1 Å². The molecule has 0 aliphatic carbocycles. The number of hydrogen-bond donors (Lipinski definition) is 4. The van der Waals surface area contributed by atoms with Crippen LogP contribution in [0.3, 0.4) is 0 Å². The van der Waals surface area contributed by atoms with Gasteiger partial charge in [-0.25, -0.2) is 0 Å². The fourth-order valence-corrected chi connectivity index (χ4v) is 4.47. The molecule has 0 atom stereocenters. The van der Waals surface area contributed by atoms with E-state index in [1.54, 1.807) is 0 Å². The average molecular weight is 530 g/mol. The van der Waals surface area contributed by atoms with Gasteiger partial charge in [0.25, 0.3) is 0 Å². The molecule has 14 heteroatoms. The summed E-state index contributed by atoms with van der Waals surface area (Å²) in [6.45, 7) is 0. The molecule has 0 rings (SSSR count). The molecule has 0 aliphatic rings. The van der Waals surface area contributed by atoms with Crippen LogP contribution in [0.4, 0.5) is 0 Å². The molecule has 0 unspecified atom stereocenters. The van der Waals surface area contributed by atoms with Gasteiger partial charge in [-0.2, -0.15) is 0 Å². The number of unbranched alkanes of at least 4 members (excludes halogenated alkanes) is 14. The molecular weight excluding hydrogens is 492 g/mol. The zero-order valence-electron chi connectivity index (χ0n) is 20.2. The molecule has 0 aromatic heterocycles. The second-order valence-corrected chi connectivity index (χ2v) is 11.0. The number of rotatable bonds is 20. The molecule has 184 valence electrons. The van der Waals surface area contributed by atoms with Crippen molar-refractivity contribution in [3.05, 3.63) is 0 Å². The van der Waals surface area contributed by atoms with E-state index in [4.69, 9.17) is 20.2 Å². The summed E-state index contributed by atoms with van der Waals surface area (Å²) in [5.74, 6) is 0. The first kappa shape index (κ1) is 38.8. The summed E-state index contributed by atoms with van der Waals surface area (Å²) in [7, 11) is -9.33. The molecule has 0 saturated carbocycles. The molecule has 0 bridgehead atoms. The first-order chi connectivity index (χ1) is 14.6. The maximum atomic E-state index is 11.0. The van der Waals surface area contributed by atoms with Crippen LogP contribution >= 0.6 is 15.2 Å². The van der Waals surface area contributed by atoms with Crippen molar-refractivity contribution in [2.75, 3.05) is 0 Å². The van der Waals surface area contributed by atoms with Gasteiger partial charge in [-0.15, -0.1) is 0 Å². The van der Waals surface area contributed by atoms with Crippen LogP contribution < -0.4 is 68.9 Å². The van der Waals surface area contributed by atoms with Crippen molar-refractivity contribution in [3.8, 4) is 0 Å². The molecule has 0 spiro atoms. The molecular formula is C19H38N2Na2O8P2. The third-order valence-electron chi connectivity index (χ3n) is 5.18. The monoisotopic (exact) mass is 530 g/mol. The summed E-state index contributed by atoms with van der Waals surface area (Å²) < 4.78 is 21.7. The second-order valence-electron chi connectivity index (χ2n) is 7.88. The minimum Gasteiger partial charge on any atom is -0.806 e. The summed E-state index contributed by atoms with van der Waals surface area (Å²) in [6, 6.07) is 0. The predicted octanol–water partition coefficient (Wildman–Crippen LogP) is -1.71. The zero-order chi connectivity index (χ0) is 23.6. The summed E-state index contributed by atoms with van der Waals surface area (Å²) >= 11 is 0. The molecule has 33 heavy (non-hydrogen) atoms. The summed E-state index contributed by atoms with van der Waals surface area (Å²) in [5.41, 5.74) is -1.09. The van der Waals surface area contributed by atoms with Gasteiger partial charge < -0.3 is 34.6 Å². The van der Waals surface area contributed by atoms with Crippen molar-refractivity contribution in [2.45, 2.75) is 109 Å². The Morgan fingerprint density at radius 1 is 0.545 bits per heavy atom. The molecule has 0 aromatic rings. The Balaban J connectivity index is -0.00000450. The van der Waals surface area contributed by atoms with E-state index in [1.165, 1.54) is 32.1 Å². The number of oxime groups is 2. The van der Waals surface area contributed by atoms with E-state index in [9.17, 15) is 18.9 Å². The Labute approximate surface area is 242 Å². The van der Waals surface area contributed by atoms with Gasteiger partial charge in [-0.1, -0.05) is 93.8 Å². The van der Waals surface area contributed by atoms with Crippen molar-refractivity contribution in [1.29, 1.82) is 0 Å². The first-order valence-electron chi connectivity index (χ1n) is 11.1. The molecule has 0 fully saturated rings. The van der Waals surface area contributed by atoms with Gasteiger partial charge >= 0.3 is 66.7 Å². The Bertz CT molecular complexity index is 575. The van der Waals surface area contributed by atoms with Gasteiger partial charge in [0.05, 0.1) is 5.45 Å². The maximum absolute atomic E-state index is 11.0. The zero-order valence-corrected chi connectivity index (χ0v) is 26.0. The number of nitrogens with zero attached hydrogens (tertiary/aromatic N) is 2. The fraction of sp³-hybridized carbons (Fsp3) is 0.895. The van der Waals surface area contributed by atoms with Gasteiger partial charge in [-0.3, -0.25) is 4.57 Å². The minimum atomic E-state index is -4.91. The van der Waals surface area contributed by atoms with E-state index in [0.29, 0.717) is 12.8 Å². The molecule has 0 aliphatic heterocycles. The Morgan fingerprint density at radius 2 is 0.788 bits per heavy atom. The van der Waals surface area contributed by atoms with Crippen LogP contribution in [0, 0.1) is 0 Å². The number of hydrogen-bond acceptors (Lipinski definition) is 8. The van der Waals surface area contributed by atoms with Gasteiger partial charge in [-0.05, 0) is 26.9 Å². The van der Waals surface area contributed by atoms with Crippen molar-refractivity contribution in [2.24, 2.45) is 10.3 Å². The van der Waals surface area contributed by atoms with Gasteiger partial charge in [0.2, 0.25) is 0 Å². The maximum Gasteiger partial charge on any atom is 1.00 e. The second kappa shape index (κ2) is 23.6. The topological polar surface area (TPSA) is 186 Å². The molecule has 0 radical (unpaired) electrons. The first-order valence-corrected chi connectivity index (χ1v) is 14.3. The molecule has 0 heterocycles. The van der Waals surface area contributed by atoms with Crippen molar-refractivity contribution in [3.63, 3.8) is 0 Å². The Morgan fingerprint density at radius 3 is 1.00 bits per heavy atom. The van der Waals surface area contributed by atoms with Crippen LogP contribution in [0.1, 0.15) is 109 Å². The molecule has 0 saturated heterocycles. The normalized spacial score (nSPS) is 12.8. The van der Waals surface area contributed by atoms with Crippen LogP contribution in [0.25, 0.3) is 0 Å². The molecule has 0 aromatic carbocycles. The smallest absolute Gasteiger partial charge is 0.806 e. The predicted molar refractivity (Wildman–Crippen MR) is 117 cm³/mol. The average Bonchev–Trinajstić information content (AvgIpc) is 2.68. The van der Waals surface area contributed by atoms with Crippen molar-refractivity contribution in [1.82, 2.24) is 0 Å². The van der Waals surface area contributed by atoms with Crippen LogP contribution in [-0.2, 0) is 9.13 Å². The Hall–Kier alpha value is 1.24. The molecule has 0 amide bonds. The summed E-state index contributed by atoms with van der Waals surface area (Å²) in [5, 5.41) is 22.4.